The van der Waals surface area contributed by atoms with Crippen LogP contribution < -0.4 is 26.6 Å². The number of carboxylic acids is 1. The van der Waals surface area contributed by atoms with Gasteiger partial charge in [-0.1, -0.05) is 109 Å². The highest BCUT2D eigenvalue weighted by molar-refractivity contribution is 6.00. The van der Waals surface area contributed by atoms with E-state index in [-0.39, 0.29) is 36.9 Å². The van der Waals surface area contributed by atoms with Gasteiger partial charge in [0.1, 0.15) is 24.2 Å². The summed E-state index contributed by atoms with van der Waals surface area (Å²) in [5, 5.41) is 54.1. The maximum atomic E-state index is 14.5. The zero-order valence-corrected chi connectivity index (χ0v) is 33.2. The maximum Gasteiger partial charge on any atom is 0.326 e. The van der Waals surface area contributed by atoms with Crippen molar-refractivity contribution in [3.05, 3.63) is 161 Å². The number of aliphatic hydroxyl groups is 2. The summed E-state index contributed by atoms with van der Waals surface area (Å²) in [4.78, 5) is 81.9. The molecule has 5 aromatic rings. The van der Waals surface area contributed by atoms with E-state index in [1.54, 1.807) is 54.6 Å². The lowest BCUT2D eigenvalue weighted by molar-refractivity contribution is -0.145. The number of aliphatic carboxylic acids is 1. The van der Waals surface area contributed by atoms with Crippen molar-refractivity contribution >= 4 is 41.2 Å². The van der Waals surface area contributed by atoms with Gasteiger partial charge < -0.3 is 41.9 Å². The molecule has 15 nitrogen and oxygen atoms in total. The topological polar surface area (TPSA) is 247 Å². The Kier molecular flexibility index (Phi) is 14.5. The summed E-state index contributed by atoms with van der Waals surface area (Å²) in [6.45, 7) is 0. The number of anilines is 1. The smallest absolute Gasteiger partial charge is 0.326 e. The van der Waals surface area contributed by atoms with Gasteiger partial charge in [-0.05, 0) is 57.6 Å². The number of carbonyl (C=O) groups is 6. The summed E-state index contributed by atoms with van der Waals surface area (Å²) in [7, 11) is 0. The molecule has 2 aliphatic heterocycles. The van der Waals surface area contributed by atoms with E-state index in [0.717, 1.165) is 11.1 Å². The molecule has 0 aromatic heterocycles. The second-order valence-electron chi connectivity index (χ2n) is 14.8. The summed E-state index contributed by atoms with van der Waals surface area (Å²) in [5.74, 6) is -6.37. The third-order valence-corrected chi connectivity index (χ3v) is 10.3. The van der Waals surface area contributed by atoms with Crippen LogP contribution in [0.5, 0.6) is 0 Å². The first-order chi connectivity index (χ1) is 29.9. The van der Waals surface area contributed by atoms with Crippen LogP contribution in [-0.2, 0) is 54.5 Å². The number of nitrogens with one attached hydrogen (secondary N) is 5. The molecule has 0 unspecified atom stereocenters. The van der Waals surface area contributed by atoms with E-state index in [4.69, 9.17) is 0 Å². The fourth-order valence-electron chi connectivity index (χ4n) is 6.92. The molecule has 0 aliphatic carbocycles. The molecule has 2 heterocycles. The summed E-state index contributed by atoms with van der Waals surface area (Å²) < 4.78 is 0. The number of carboxylic acid groups (broad SMARTS) is 1. The van der Waals surface area contributed by atoms with Crippen LogP contribution in [0.3, 0.4) is 0 Å². The van der Waals surface area contributed by atoms with E-state index in [0.29, 0.717) is 22.3 Å². The number of hydrogen-bond acceptors (Lipinski definition) is 9. The number of fused-ring (bicyclic) bond motifs is 18. The fraction of sp³-hybridized carbons (Fsp3) is 0.213. The molecule has 8 N–H and O–H groups in total. The van der Waals surface area contributed by atoms with Crippen LogP contribution in [0.25, 0.3) is 11.1 Å². The first kappa shape index (κ1) is 43.9. The number of hydrogen-bond donors (Lipinski definition) is 8. The number of rotatable bonds is 8. The molecule has 15 heteroatoms. The van der Waals surface area contributed by atoms with Crippen LogP contribution in [-0.4, -0.2) is 87.2 Å². The number of nitriles is 1. The average Bonchev–Trinajstić information content (AvgIpc) is 3.28. The SMILES string of the molecule is N#Cc1cccc(C[C@H]2NC(=O)[C@H](O)[C@@H](O)C(=O)Nc3ccc(cc3)C[C@@H](C(=O)O)NC(=O)[C@@H](Cc3ccccc3)NC(=O)[C@H](Cc3ccc(-c4ccccc4)cc3)NC2=O)c1. The lowest BCUT2D eigenvalue weighted by Crippen LogP contribution is -2.60. The van der Waals surface area contributed by atoms with Crippen LogP contribution >= 0.6 is 0 Å². The minimum Gasteiger partial charge on any atom is -0.480 e. The van der Waals surface area contributed by atoms with Gasteiger partial charge in [0, 0.05) is 31.4 Å². The van der Waals surface area contributed by atoms with E-state index in [9.17, 15) is 49.3 Å². The van der Waals surface area contributed by atoms with Crippen LogP contribution in [0, 0.1) is 11.3 Å². The number of carbonyl (C=O) groups excluding carboxylic acids is 5. The first-order valence-corrected chi connectivity index (χ1v) is 19.7. The average molecular weight is 837 g/mol. The fourth-order valence-corrected chi connectivity index (χ4v) is 6.92. The monoisotopic (exact) mass is 836 g/mol. The minimum atomic E-state index is -2.36. The standard InChI is InChI=1S/C47H44N6O9/c48-27-32-11-7-10-31(22-32)26-38-43(57)51-37(24-29-14-18-34(19-15-29)33-12-5-2-6-13-33)42(56)50-36(23-28-8-3-1-4-9-28)44(58)53-39(47(61)62)25-30-16-20-35(21-17-30)49-45(59)40(54)41(55)46(60)52-38/h1-22,36-41,54-55H,23-26H2,(H,49,59)(H,50,56)(H,51,57)(H,52,60)(H,53,58)(H,61,62)/t36-,37+,38-,39+,40-,41-/m1/s1. The Morgan fingerprint density at radius 1 is 0.548 bits per heavy atom. The third-order valence-electron chi connectivity index (χ3n) is 10.3. The molecule has 5 aromatic carbocycles. The predicted molar refractivity (Wildman–Crippen MR) is 227 cm³/mol. The molecule has 2 bridgehead atoms. The summed E-state index contributed by atoms with van der Waals surface area (Å²) in [5.41, 5.74) is 4.31. The van der Waals surface area contributed by atoms with Crippen molar-refractivity contribution in [1.82, 2.24) is 21.3 Å². The van der Waals surface area contributed by atoms with Crippen molar-refractivity contribution in [2.45, 2.75) is 62.1 Å². The Morgan fingerprint density at radius 2 is 1.03 bits per heavy atom. The predicted octanol–water partition coefficient (Wildman–Crippen LogP) is 2.19. The maximum absolute atomic E-state index is 14.5. The second kappa shape index (κ2) is 20.5. The highest BCUT2D eigenvalue weighted by Gasteiger charge is 2.35. The van der Waals surface area contributed by atoms with E-state index < -0.39 is 71.9 Å². The molecular weight excluding hydrogens is 793 g/mol. The van der Waals surface area contributed by atoms with E-state index in [1.165, 1.54) is 36.4 Å². The normalized spacial score (nSPS) is 21.5. The van der Waals surface area contributed by atoms with Gasteiger partial charge >= 0.3 is 5.97 Å². The quantitative estimate of drug-likeness (QED) is 0.106. The molecule has 0 fully saturated rings. The number of benzene rings is 5. The van der Waals surface area contributed by atoms with Crippen LogP contribution in [0.1, 0.15) is 27.8 Å². The van der Waals surface area contributed by atoms with Crippen molar-refractivity contribution in [3.63, 3.8) is 0 Å². The zero-order valence-electron chi connectivity index (χ0n) is 33.2. The molecule has 2 aliphatic rings. The minimum absolute atomic E-state index is 0.0558. The number of aliphatic hydroxyl groups excluding tert-OH is 2. The van der Waals surface area contributed by atoms with Gasteiger partial charge in [-0.3, -0.25) is 24.0 Å². The highest BCUT2D eigenvalue weighted by Crippen LogP contribution is 2.21. The third kappa shape index (κ3) is 11.7. The molecule has 7 rings (SSSR count). The first-order valence-electron chi connectivity index (χ1n) is 19.7. The summed E-state index contributed by atoms with van der Waals surface area (Å²) >= 11 is 0. The highest BCUT2D eigenvalue weighted by atomic mass is 16.4. The molecule has 5 amide bonds. The molecule has 0 spiro atoms. The van der Waals surface area contributed by atoms with E-state index in [2.05, 4.69) is 26.6 Å². The van der Waals surface area contributed by atoms with Crippen molar-refractivity contribution in [2.75, 3.05) is 5.32 Å². The van der Waals surface area contributed by atoms with Crippen molar-refractivity contribution in [2.24, 2.45) is 0 Å². The van der Waals surface area contributed by atoms with Gasteiger partial charge in [0.25, 0.3) is 11.8 Å². The Hall–Kier alpha value is -7.67. The van der Waals surface area contributed by atoms with E-state index >= 15 is 0 Å². The van der Waals surface area contributed by atoms with Crippen LogP contribution in [0.4, 0.5) is 5.69 Å². The Morgan fingerprint density at radius 3 is 1.61 bits per heavy atom. The zero-order chi connectivity index (χ0) is 44.2. The van der Waals surface area contributed by atoms with Crippen LogP contribution in [0.2, 0.25) is 0 Å². The summed E-state index contributed by atoms with van der Waals surface area (Å²) in [6, 6.07) is 33.7. The lowest BCUT2D eigenvalue weighted by Gasteiger charge is -2.27. The van der Waals surface area contributed by atoms with Gasteiger partial charge in [-0.15, -0.1) is 0 Å². The van der Waals surface area contributed by atoms with E-state index in [1.807, 2.05) is 48.5 Å². The van der Waals surface area contributed by atoms with Gasteiger partial charge in [0.05, 0.1) is 11.6 Å². The van der Waals surface area contributed by atoms with Gasteiger partial charge in [-0.2, -0.15) is 5.26 Å². The Bertz CT molecular complexity index is 2440. The second-order valence-corrected chi connectivity index (χ2v) is 14.8. The number of nitrogens with zero attached hydrogens (tertiary/aromatic N) is 1. The van der Waals surface area contributed by atoms with Gasteiger partial charge in [0.2, 0.25) is 17.7 Å². The van der Waals surface area contributed by atoms with Gasteiger partial charge in [0.15, 0.2) is 12.2 Å². The Labute approximate surface area is 356 Å². The molecular formula is C47H44N6O9. The van der Waals surface area contributed by atoms with Crippen molar-refractivity contribution in [3.8, 4) is 17.2 Å². The van der Waals surface area contributed by atoms with Crippen LogP contribution in [0.15, 0.2) is 133 Å². The largest absolute Gasteiger partial charge is 0.480 e. The molecule has 316 valence electrons. The molecule has 0 saturated carbocycles. The molecule has 0 radical (unpaired) electrons. The van der Waals surface area contributed by atoms with Crippen molar-refractivity contribution < 1.29 is 44.1 Å². The lowest BCUT2D eigenvalue weighted by atomic mass is 9.98. The van der Waals surface area contributed by atoms with Crippen molar-refractivity contribution in [1.29, 1.82) is 5.26 Å². The Balaban J connectivity index is 1.39. The molecule has 0 saturated heterocycles. The molecule has 62 heavy (non-hydrogen) atoms. The number of amides is 5. The summed E-state index contributed by atoms with van der Waals surface area (Å²) in [6.07, 6.45) is -5.30. The van der Waals surface area contributed by atoms with Gasteiger partial charge in [-0.25, -0.2) is 4.79 Å². The molecule has 6 atom stereocenters.